The molecule has 0 radical (unpaired) electrons. The number of nitrogens with one attached hydrogen (secondary N) is 2. The van der Waals surface area contributed by atoms with E-state index in [-0.39, 0.29) is 10.6 Å². The molecule has 2 N–H and O–H groups in total. The molecule has 0 bridgehead atoms. The second-order valence-electron chi connectivity index (χ2n) is 6.51. The molecule has 0 atom stereocenters. The number of thiazole rings is 2. The molecule has 154 valence electrons. The average molecular weight is 461 g/mol. The number of aromatic nitrogens is 4. The number of fused-ring (bicyclic) bond motifs is 1. The van der Waals surface area contributed by atoms with Gasteiger partial charge >= 0.3 is 0 Å². The molecule has 9 nitrogen and oxygen atoms in total. The van der Waals surface area contributed by atoms with Crippen molar-refractivity contribution < 1.29 is 13.2 Å². The molecule has 3 aromatic heterocycles. The Bertz CT molecular complexity index is 1360. The Labute approximate surface area is 180 Å². The quantitative estimate of drug-likeness (QED) is 0.463. The summed E-state index contributed by atoms with van der Waals surface area (Å²) < 4.78 is 24.1. The number of amides is 1. The first-order valence-electron chi connectivity index (χ1n) is 8.64. The third-order valence-corrected chi connectivity index (χ3v) is 6.75. The number of anilines is 3. The van der Waals surface area contributed by atoms with Gasteiger partial charge in [-0.2, -0.15) is 0 Å². The fourth-order valence-corrected chi connectivity index (χ4v) is 4.97. The number of nitrogens with zero attached hydrogens (tertiary/aromatic N) is 4. The van der Waals surface area contributed by atoms with Crippen LogP contribution in [0.3, 0.4) is 0 Å². The minimum Gasteiger partial charge on any atom is -0.300 e. The van der Waals surface area contributed by atoms with Crippen LogP contribution in [0.5, 0.6) is 0 Å². The van der Waals surface area contributed by atoms with Gasteiger partial charge in [0.15, 0.2) is 20.1 Å². The zero-order valence-electron chi connectivity index (χ0n) is 16.1. The normalized spacial score (nSPS) is 11.6. The van der Waals surface area contributed by atoms with Crippen LogP contribution in [-0.2, 0) is 9.84 Å². The van der Waals surface area contributed by atoms with Crippen molar-refractivity contribution in [3.63, 3.8) is 0 Å². The SMILES string of the molecule is Cc1cc(C)nc(Nc2nc(C(=O)Nc3nc4ccc(S(C)(=O)=O)cc4s3)cs2)n1. The average Bonchev–Trinajstić information content (AvgIpc) is 3.25. The summed E-state index contributed by atoms with van der Waals surface area (Å²) >= 11 is 2.45. The van der Waals surface area contributed by atoms with Crippen LogP contribution in [0.25, 0.3) is 10.2 Å². The Morgan fingerprint density at radius 3 is 2.43 bits per heavy atom. The van der Waals surface area contributed by atoms with E-state index in [4.69, 9.17) is 0 Å². The standard InChI is InChI=1S/C18H16N6O3S3/c1-9-6-10(2)20-16(19-9)24-17-22-13(8-28-17)15(25)23-18-21-12-5-4-11(30(3,26)27)7-14(12)29-18/h4-8H,1-3H3,(H,21,23,25)(H,19,20,22,24). The predicted molar refractivity (Wildman–Crippen MR) is 118 cm³/mol. The molecule has 0 unspecified atom stereocenters. The highest BCUT2D eigenvalue weighted by atomic mass is 32.2. The Balaban J connectivity index is 1.50. The van der Waals surface area contributed by atoms with Crippen molar-refractivity contribution in [2.24, 2.45) is 0 Å². The molecule has 0 fully saturated rings. The van der Waals surface area contributed by atoms with Crippen LogP contribution in [-0.4, -0.2) is 40.5 Å². The smallest absolute Gasteiger partial charge is 0.276 e. The Morgan fingerprint density at radius 2 is 1.73 bits per heavy atom. The zero-order chi connectivity index (χ0) is 21.5. The van der Waals surface area contributed by atoms with E-state index >= 15 is 0 Å². The van der Waals surface area contributed by atoms with E-state index in [0.717, 1.165) is 17.6 Å². The minimum absolute atomic E-state index is 0.209. The Kier molecular flexibility index (Phi) is 5.22. The third kappa shape index (κ3) is 4.45. The van der Waals surface area contributed by atoms with Crippen molar-refractivity contribution in [2.45, 2.75) is 18.7 Å². The van der Waals surface area contributed by atoms with Crippen LogP contribution < -0.4 is 10.6 Å². The van der Waals surface area contributed by atoms with Crippen LogP contribution in [0.2, 0.25) is 0 Å². The number of benzene rings is 1. The summed E-state index contributed by atoms with van der Waals surface area (Å²) in [5.41, 5.74) is 2.49. The lowest BCUT2D eigenvalue weighted by Gasteiger charge is -2.03. The lowest BCUT2D eigenvalue weighted by atomic mass is 10.3. The molecule has 0 saturated carbocycles. The molecule has 30 heavy (non-hydrogen) atoms. The van der Waals surface area contributed by atoms with Gasteiger partial charge in [0.1, 0.15) is 5.69 Å². The summed E-state index contributed by atoms with van der Waals surface area (Å²) in [6, 6.07) is 6.53. The van der Waals surface area contributed by atoms with Gasteiger partial charge in [-0.1, -0.05) is 11.3 Å². The fraction of sp³-hybridized carbons (Fsp3) is 0.167. The summed E-state index contributed by atoms with van der Waals surface area (Å²) in [5, 5.41) is 8.18. The number of aryl methyl sites for hydroxylation is 2. The molecule has 3 heterocycles. The van der Waals surface area contributed by atoms with Crippen molar-refractivity contribution >= 4 is 64.8 Å². The van der Waals surface area contributed by atoms with Crippen molar-refractivity contribution in [1.82, 2.24) is 19.9 Å². The highest BCUT2D eigenvalue weighted by Crippen LogP contribution is 2.29. The van der Waals surface area contributed by atoms with Gasteiger partial charge in [-0.15, -0.1) is 11.3 Å². The lowest BCUT2D eigenvalue weighted by Crippen LogP contribution is -2.12. The minimum atomic E-state index is -3.31. The van der Waals surface area contributed by atoms with Gasteiger partial charge in [0, 0.05) is 23.0 Å². The second-order valence-corrected chi connectivity index (χ2v) is 10.4. The monoisotopic (exact) mass is 460 g/mol. The zero-order valence-corrected chi connectivity index (χ0v) is 18.6. The van der Waals surface area contributed by atoms with E-state index in [2.05, 4.69) is 30.6 Å². The van der Waals surface area contributed by atoms with Crippen LogP contribution in [0.1, 0.15) is 21.9 Å². The number of hydrogen-bond donors (Lipinski definition) is 2. The van der Waals surface area contributed by atoms with E-state index in [1.165, 1.54) is 28.7 Å². The summed E-state index contributed by atoms with van der Waals surface area (Å²) in [6.07, 6.45) is 1.15. The number of rotatable bonds is 5. The maximum Gasteiger partial charge on any atom is 0.276 e. The molecule has 4 aromatic rings. The van der Waals surface area contributed by atoms with Crippen molar-refractivity contribution in [2.75, 3.05) is 16.9 Å². The number of sulfone groups is 1. The van der Waals surface area contributed by atoms with Gasteiger partial charge in [-0.3, -0.25) is 10.1 Å². The summed E-state index contributed by atoms with van der Waals surface area (Å²) in [5.74, 6) is 0.00435. The molecule has 0 aliphatic carbocycles. The first-order chi connectivity index (χ1) is 14.2. The van der Waals surface area contributed by atoms with Crippen LogP contribution in [0, 0.1) is 13.8 Å². The molecule has 0 spiro atoms. The highest BCUT2D eigenvalue weighted by Gasteiger charge is 2.15. The first kappa shape index (κ1) is 20.3. The molecule has 4 rings (SSSR count). The molecule has 1 aromatic carbocycles. The van der Waals surface area contributed by atoms with Crippen LogP contribution in [0.15, 0.2) is 34.5 Å². The summed E-state index contributed by atoms with van der Waals surface area (Å²) in [4.78, 5) is 29.9. The largest absolute Gasteiger partial charge is 0.300 e. The van der Waals surface area contributed by atoms with E-state index in [0.29, 0.717) is 26.4 Å². The molecule has 0 saturated heterocycles. The topological polar surface area (TPSA) is 127 Å². The van der Waals surface area contributed by atoms with E-state index in [1.54, 1.807) is 17.5 Å². The predicted octanol–water partition coefficient (Wildman–Crippen LogP) is 3.56. The van der Waals surface area contributed by atoms with Crippen LogP contribution in [0.4, 0.5) is 16.2 Å². The number of hydrogen-bond acceptors (Lipinski definition) is 10. The number of carbonyl (C=O) groups excluding carboxylic acids is 1. The van der Waals surface area contributed by atoms with Gasteiger partial charge < -0.3 is 5.32 Å². The molecule has 1 amide bonds. The lowest BCUT2D eigenvalue weighted by molar-refractivity contribution is 0.102. The van der Waals surface area contributed by atoms with Crippen molar-refractivity contribution in [3.05, 3.63) is 46.7 Å². The van der Waals surface area contributed by atoms with Gasteiger partial charge in [0.25, 0.3) is 5.91 Å². The van der Waals surface area contributed by atoms with E-state index in [9.17, 15) is 13.2 Å². The molecular formula is C18H16N6O3S3. The molecule has 12 heteroatoms. The van der Waals surface area contributed by atoms with Gasteiger partial charge in [0.05, 0.1) is 15.1 Å². The molecule has 0 aliphatic heterocycles. The Hall–Kier alpha value is -2.96. The number of carbonyl (C=O) groups is 1. The fourth-order valence-electron chi connectivity index (χ4n) is 2.66. The molecule has 0 aliphatic rings. The summed E-state index contributed by atoms with van der Waals surface area (Å²) in [6.45, 7) is 3.74. The maximum atomic E-state index is 12.5. The van der Waals surface area contributed by atoms with E-state index in [1.807, 2.05) is 19.9 Å². The second kappa shape index (κ2) is 7.70. The van der Waals surface area contributed by atoms with Crippen LogP contribution >= 0.6 is 22.7 Å². The van der Waals surface area contributed by atoms with Gasteiger partial charge in [0.2, 0.25) is 5.95 Å². The van der Waals surface area contributed by atoms with Crippen molar-refractivity contribution in [3.8, 4) is 0 Å². The maximum absolute atomic E-state index is 12.5. The highest BCUT2D eigenvalue weighted by molar-refractivity contribution is 7.90. The van der Waals surface area contributed by atoms with E-state index < -0.39 is 15.7 Å². The Morgan fingerprint density at radius 1 is 1.00 bits per heavy atom. The first-order valence-corrected chi connectivity index (χ1v) is 12.2. The van der Waals surface area contributed by atoms with Gasteiger partial charge in [-0.05, 0) is 38.1 Å². The molecular weight excluding hydrogens is 444 g/mol. The third-order valence-electron chi connectivity index (χ3n) is 3.95. The summed E-state index contributed by atoms with van der Waals surface area (Å²) in [7, 11) is -3.31. The van der Waals surface area contributed by atoms with Crippen molar-refractivity contribution in [1.29, 1.82) is 0 Å². The van der Waals surface area contributed by atoms with Gasteiger partial charge in [-0.25, -0.2) is 28.4 Å².